The first-order chi connectivity index (χ1) is 5.57. The summed E-state index contributed by atoms with van der Waals surface area (Å²) in [6, 6.07) is 0. The Balaban J connectivity index is 2.82. The number of hydrogen-bond acceptors (Lipinski definition) is 4. The molecule has 0 aromatic rings. The molecule has 1 saturated heterocycles. The summed E-state index contributed by atoms with van der Waals surface area (Å²) in [4.78, 5) is 22.8. The van der Waals surface area contributed by atoms with Crippen LogP contribution in [0.5, 0.6) is 0 Å². The molecule has 0 spiro atoms. The molecule has 5 nitrogen and oxygen atoms in total. The second-order valence-electron chi connectivity index (χ2n) is 2.25. The van der Waals surface area contributed by atoms with Crippen LogP contribution in [0.4, 0.5) is 4.79 Å². The summed E-state index contributed by atoms with van der Waals surface area (Å²) in [7, 11) is 1.40. The van der Waals surface area contributed by atoms with Crippen molar-refractivity contribution in [1.82, 2.24) is 4.90 Å². The molecule has 68 valence electrons. The maximum absolute atomic E-state index is 11.0. The molecule has 2 atom stereocenters. The van der Waals surface area contributed by atoms with Crippen molar-refractivity contribution in [3.63, 3.8) is 0 Å². The average molecular weight is 238 g/mol. The van der Waals surface area contributed by atoms with Crippen LogP contribution in [-0.4, -0.2) is 35.3 Å². The van der Waals surface area contributed by atoms with Crippen LogP contribution >= 0.6 is 15.9 Å². The van der Waals surface area contributed by atoms with E-state index < -0.39 is 23.2 Å². The Morgan fingerprint density at radius 1 is 1.75 bits per heavy atom. The number of cyclic esters (lactones) is 1. The zero-order chi connectivity index (χ0) is 9.30. The standard InChI is InChI=1S/C6H8BrNO4/c1-3(9)8-5(11-2)4(7)12-6(8)10/h4-5H,1-2H3/t4-,5+/m1/s1. The Morgan fingerprint density at radius 2 is 2.33 bits per heavy atom. The quantitative estimate of drug-likeness (QED) is 0.630. The van der Waals surface area contributed by atoms with E-state index in [9.17, 15) is 9.59 Å². The van der Waals surface area contributed by atoms with Crippen molar-refractivity contribution < 1.29 is 19.1 Å². The van der Waals surface area contributed by atoms with Gasteiger partial charge in [-0.25, -0.2) is 9.69 Å². The van der Waals surface area contributed by atoms with Gasteiger partial charge in [0.25, 0.3) is 0 Å². The van der Waals surface area contributed by atoms with Gasteiger partial charge in [0.2, 0.25) is 10.9 Å². The Labute approximate surface area is 77.7 Å². The van der Waals surface area contributed by atoms with Crippen LogP contribution in [0, 0.1) is 0 Å². The lowest BCUT2D eigenvalue weighted by atomic mass is 10.5. The molecule has 0 saturated carbocycles. The lowest BCUT2D eigenvalue weighted by Crippen LogP contribution is -2.39. The zero-order valence-electron chi connectivity index (χ0n) is 6.61. The van der Waals surface area contributed by atoms with Gasteiger partial charge in [-0.1, -0.05) is 0 Å². The van der Waals surface area contributed by atoms with E-state index in [4.69, 9.17) is 9.47 Å². The number of ether oxygens (including phenoxy) is 2. The Bertz CT molecular complexity index is 220. The fourth-order valence-electron chi connectivity index (χ4n) is 0.953. The van der Waals surface area contributed by atoms with Crippen molar-refractivity contribution >= 4 is 27.9 Å². The van der Waals surface area contributed by atoms with E-state index in [-0.39, 0.29) is 0 Å². The molecule has 0 aromatic heterocycles. The van der Waals surface area contributed by atoms with Crippen LogP contribution in [0.15, 0.2) is 0 Å². The molecule has 0 bridgehead atoms. The predicted octanol–water partition coefficient (Wildman–Crippen LogP) is 0.679. The van der Waals surface area contributed by atoms with E-state index in [2.05, 4.69) is 15.9 Å². The number of halogens is 1. The number of hydrogen-bond donors (Lipinski definition) is 0. The molecule has 0 aliphatic carbocycles. The van der Waals surface area contributed by atoms with Gasteiger partial charge >= 0.3 is 6.09 Å². The lowest BCUT2D eigenvalue weighted by molar-refractivity contribution is -0.133. The van der Waals surface area contributed by atoms with Crippen molar-refractivity contribution in [3.8, 4) is 0 Å². The smallest absolute Gasteiger partial charge is 0.420 e. The molecule has 0 radical (unpaired) electrons. The van der Waals surface area contributed by atoms with E-state index in [1.807, 2.05) is 0 Å². The molecule has 0 unspecified atom stereocenters. The molecule has 1 aliphatic rings. The van der Waals surface area contributed by atoms with Gasteiger partial charge in [0.15, 0.2) is 6.23 Å². The highest BCUT2D eigenvalue weighted by Crippen LogP contribution is 2.24. The Hall–Kier alpha value is -0.620. The maximum atomic E-state index is 11.0. The minimum absolute atomic E-state index is 0.395. The molecular weight excluding hydrogens is 230 g/mol. The maximum Gasteiger partial charge on any atom is 0.420 e. The van der Waals surface area contributed by atoms with Gasteiger partial charge in [-0.15, -0.1) is 0 Å². The Morgan fingerprint density at radius 3 is 2.67 bits per heavy atom. The van der Waals surface area contributed by atoms with Crippen molar-refractivity contribution in [1.29, 1.82) is 0 Å². The summed E-state index contributed by atoms with van der Waals surface area (Å²) < 4.78 is 9.58. The Kier molecular flexibility index (Phi) is 2.69. The highest BCUT2D eigenvalue weighted by Gasteiger charge is 2.43. The number of methoxy groups -OCH3 is 1. The molecule has 0 N–H and O–H groups in total. The summed E-state index contributed by atoms with van der Waals surface area (Å²) in [5.74, 6) is -0.395. The molecule has 1 rings (SSSR count). The molecule has 12 heavy (non-hydrogen) atoms. The third kappa shape index (κ3) is 1.44. The first-order valence-corrected chi connectivity index (χ1v) is 4.16. The normalized spacial score (nSPS) is 28.9. The van der Waals surface area contributed by atoms with Crippen LogP contribution in [0.3, 0.4) is 0 Å². The number of amides is 2. The van der Waals surface area contributed by atoms with E-state index in [1.165, 1.54) is 14.0 Å². The summed E-state index contributed by atoms with van der Waals surface area (Å²) in [6.45, 7) is 1.28. The first kappa shape index (κ1) is 9.47. The third-order valence-corrected chi connectivity index (χ3v) is 2.11. The fourth-order valence-corrected chi connectivity index (χ4v) is 1.56. The van der Waals surface area contributed by atoms with Crippen LogP contribution < -0.4 is 0 Å². The summed E-state index contributed by atoms with van der Waals surface area (Å²) >= 11 is 3.05. The van der Waals surface area contributed by atoms with Gasteiger partial charge in [-0.05, 0) is 15.9 Å². The van der Waals surface area contributed by atoms with Crippen molar-refractivity contribution in [2.45, 2.75) is 18.2 Å². The van der Waals surface area contributed by atoms with E-state index in [1.54, 1.807) is 0 Å². The monoisotopic (exact) mass is 237 g/mol. The summed E-state index contributed by atoms with van der Waals surface area (Å²) in [5.41, 5.74) is 0. The van der Waals surface area contributed by atoms with Crippen LogP contribution in [0.2, 0.25) is 0 Å². The number of nitrogens with zero attached hydrogens (tertiary/aromatic N) is 1. The average Bonchev–Trinajstić information content (AvgIpc) is 2.24. The number of imide groups is 1. The van der Waals surface area contributed by atoms with Crippen LogP contribution in [-0.2, 0) is 14.3 Å². The summed E-state index contributed by atoms with van der Waals surface area (Å²) in [5, 5.41) is -0.584. The molecule has 0 aromatic carbocycles. The molecule has 1 fully saturated rings. The van der Waals surface area contributed by atoms with Gasteiger partial charge in [0.1, 0.15) is 0 Å². The molecule has 1 aliphatic heterocycles. The van der Waals surface area contributed by atoms with Gasteiger partial charge in [-0.2, -0.15) is 0 Å². The number of alkyl halides is 1. The van der Waals surface area contributed by atoms with Crippen molar-refractivity contribution in [2.75, 3.05) is 7.11 Å². The molecule has 2 amide bonds. The largest absolute Gasteiger partial charge is 0.429 e. The molecular formula is C6H8BrNO4. The second kappa shape index (κ2) is 3.40. The van der Waals surface area contributed by atoms with Crippen LogP contribution in [0.25, 0.3) is 0 Å². The second-order valence-corrected chi connectivity index (χ2v) is 3.15. The van der Waals surface area contributed by atoms with E-state index in [0.29, 0.717) is 0 Å². The zero-order valence-corrected chi connectivity index (χ0v) is 8.20. The SMILES string of the molecule is CO[C@H]1[C@H](Br)OC(=O)N1C(C)=O. The first-order valence-electron chi connectivity index (χ1n) is 3.25. The highest BCUT2D eigenvalue weighted by molar-refractivity contribution is 9.09. The minimum Gasteiger partial charge on any atom is -0.429 e. The van der Waals surface area contributed by atoms with Gasteiger partial charge in [0, 0.05) is 14.0 Å². The third-order valence-electron chi connectivity index (χ3n) is 1.47. The van der Waals surface area contributed by atoms with Gasteiger partial charge in [0.05, 0.1) is 0 Å². The van der Waals surface area contributed by atoms with Crippen molar-refractivity contribution in [3.05, 3.63) is 0 Å². The highest BCUT2D eigenvalue weighted by atomic mass is 79.9. The van der Waals surface area contributed by atoms with Gasteiger partial charge < -0.3 is 9.47 Å². The van der Waals surface area contributed by atoms with E-state index >= 15 is 0 Å². The van der Waals surface area contributed by atoms with Gasteiger partial charge in [-0.3, -0.25) is 4.79 Å². The van der Waals surface area contributed by atoms with Crippen LogP contribution in [0.1, 0.15) is 6.92 Å². The number of rotatable bonds is 1. The van der Waals surface area contributed by atoms with Crippen molar-refractivity contribution in [2.24, 2.45) is 0 Å². The minimum atomic E-state index is -0.684. The predicted molar refractivity (Wildman–Crippen MR) is 42.5 cm³/mol. The molecule has 1 heterocycles. The number of carbonyl (C=O) groups excluding carboxylic acids is 2. The lowest BCUT2D eigenvalue weighted by Gasteiger charge is -2.16. The van der Waals surface area contributed by atoms with E-state index in [0.717, 1.165) is 4.90 Å². The topological polar surface area (TPSA) is 55.8 Å². The number of carbonyl (C=O) groups is 2. The summed E-state index contributed by atoms with van der Waals surface area (Å²) in [6.07, 6.45) is -1.36. The fraction of sp³-hybridized carbons (Fsp3) is 0.667. The molecule has 6 heteroatoms.